The zero-order valence-corrected chi connectivity index (χ0v) is 14.7. The van der Waals surface area contributed by atoms with Crippen LogP contribution in [0.3, 0.4) is 0 Å². The standard InChI is InChI=1S/C18H24N2O5/c1-14(21)7-8-17(22)19-9-11-20(12-10-19)18(23)13-25-16-6-4-3-5-15(16)24-2/h3-6H,7-13H2,1-2H3. The molecule has 0 atom stereocenters. The third-order valence-corrected chi connectivity index (χ3v) is 4.10. The summed E-state index contributed by atoms with van der Waals surface area (Å²) in [5.74, 6) is 0.956. The van der Waals surface area contributed by atoms with Crippen molar-refractivity contribution < 1.29 is 23.9 Å². The van der Waals surface area contributed by atoms with E-state index in [1.165, 1.54) is 6.92 Å². The molecule has 7 nitrogen and oxygen atoms in total. The molecule has 1 heterocycles. The van der Waals surface area contributed by atoms with Gasteiger partial charge in [-0.25, -0.2) is 0 Å². The smallest absolute Gasteiger partial charge is 0.260 e. The van der Waals surface area contributed by atoms with Gasteiger partial charge in [-0.3, -0.25) is 9.59 Å². The zero-order valence-electron chi connectivity index (χ0n) is 14.7. The number of rotatable bonds is 7. The van der Waals surface area contributed by atoms with Gasteiger partial charge in [-0.2, -0.15) is 0 Å². The van der Waals surface area contributed by atoms with E-state index < -0.39 is 0 Å². The highest BCUT2D eigenvalue weighted by atomic mass is 16.5. The first-order valence-electron chi connectivity index (χ1n) is 8.32. The van der Waals surface area contributed by atoms with Gasteiger partial charge in [0.25, 0.3) is 5.91 Å². The molecule has 0 unspecified atom stereocenters. The first-order chi connectivity index (χ1) is 12.0. The molecule has 0 bridgehead atoms. The van der Waals surface area contributed by atoms with Crippen LogP contribution < -0.4 is 9.47 Å². The van der Waals surface area contributed by atoms with E-state index in [2.05, 4.69) is 0 Å². The first-order valence-corrected chi connectivity index (χ1v) is 8.32. The number of hydrogen-bond donors (Lipinski definition) is 0. The second-order valence-electron chi connectivity index (χ2n) is 5.90. The Morgan fingerprint density at radius 1 is 0.920 bits per heavy atom. The van der Waals surface area contributed by atoms with E-state index in [0.717, 1.165) is 0 Å². The van der Waals surface area contributed by atoms with Crippen LogP contribution >= 0.6 is 0 Å². The summed E-state index contributed by atoms with van der Waals surface area (Å²) >= 11 is 0. The summed E-state index contributed by atoms with van der Waals surface area (Å²) in [6.07, 6.45) is 0.505. The van der Waals surface area contributed by atoms with E-state index >= 15 is 0 Å². The summed E-state index contributed by atoms with van der Waals surface area (Å²) in [6.45, 7) is 3.32. The number of amides is 2. The van der Waals surface area contributed by atoms with E-state index in [4.69, 9.17) is 9.47 Å². The average molecular weight is 348 g/mol. The number of methoxy groups -OCH3 is 1. The van der Waals surface area contributed by atoms with Crippen LogP contribution in [-0.2, 0) is 14.4 Å². The number of carbonyl (C=O) groups excluding carboxylic acids is 3. The van der Waals surface area contributed by atoms with Gasteiger partial charge >= 0.3 is 0 Å². The minimum absolute atomic E-state index is 0.00986. The van der Waals surface area contributed by atoms with E-state index in [-0.39, 0.29) is 37.0 Å². The van der Waals surface area contributed by atoms with Crippen molar-refractivity contribution in [2.45, 2.75) is 19.8 Å². The molecule has 1 aliphatic rings. The summed E-state index contributed by atoms with van der Waals surface area (Å²) < 4.78 is 10.7. The lowest BCUT2D eigenvalue weighted by Crippen LogP contribution is -2.51. The van der Waals surface area contributed by atoms with E-state index in [0.29, 0.717) is 37.7 Å². The van der Waals surface area contributed by atoms with Gasteiger partial charge < -0.3 is 24.1 Å². The lowest BCUT2D eigenvalue weighted by atomic mass is 10.2. The highest BCUT2D eigenvalue weighted by Crippen LogP contribution is 2.25. The Morgan fingerprint density at radius 3 is 2.04 bits per heavy atom. The third-order valence-electron chi connectivity index (χ3n) is 4.10. The van der Waals surface area contributed by atoms with Crippen LogP contribution in [0.1, 0.15) is 19.8 Å². The summed E-state index contributed by atoms with van der Waals surface area (Å²) in [4.78, 5) is 38.6. The van der Waals surface area contributed by atoms with Crippen LogP contribution in [0.15, 0.2) is 24.3 Å². The van der Waals surface area contributed by atoms with Crippen molar-refractivity contribution in [1.29, 1.82) is 0 Å². The Kier molecular flexibility index (Phi) is 6.80. The van der Waals surface area contributed by atoms with E-state index in [1.54, 1.807) is 29.0 Å². The number of nitrogens with zero attached hydrogens (tertiary/aromatic N) is 2. The molecule has 0 aliphatic carbocycles. The molecular formula is C18H24N2O5. The number of ketones is 1. The average Bonchev–Trinajstić information content (AvgIpc) is 2.64. The van der Waals surface area contributed by atoms with Gasteiger partial charge in [-0.1, -0.05) is 12.1 Å². The third kappa shape index (κ3) is 5.48. The molecule has 0 N–H and O–H groups in total. The lowest BCUT2D eigenvalue weighted by molar-refractivity contribution is -0.141. The Labute approximate surface area is 147 Å². The number of benzene rings is 1. The minimum atomic E-state index is -0.123. The molecule has 2 rings (SSSR count). The monoisotopic (exact) mass is 348 g/mol. The van der Waals surface area contributed by atoms with Crippen molar-refractivity contribution in [2.75, 3.05) is 39.9 Å². The van der Waals surface area contributed by atoms with Gasteiger partial charge in [-0.15, -0.1) is 0 Å². The maximum absolute atomic E-state index is 12.3. The van der Waals surface area contributed by atoms with Crippen LogP contribution in [0.25, 0.3) is 0 Å². The van der Waals surface area contributed by atoms with Crippen molar-refractivity contribution in [2.24, 2.45) is 0 Å². The van der Waals surface area contributed by atoms with Gasteiger partial charge in [0, 0.05) is 39.0 Å². The number of para-hydroxylation sites is 2. The van der Waals surface area contributed by atoms with Crippen molar-refractivity contribution in [1.82, 2.24) is 9.80 Å². The number of Topliss-reactive ketones (excluding diaryl/α,β-unsaturated/α-hetero) is 1. The van der Waals surface area contributed by atoms with Crippen LogP contribution in [-0.4, -0.2) is 67.3 Å². The van der Waals surface area contributed by atoms with Crippen molar-refractivity contribution in [3.05, 3.63) is 24.3 Å². The number of carbonyl (C=O) groups is 3. The van der Waals surface area contributed by atoms with Crippen LogP contribution in [0.5, 0.6) is 11.5 Å². The normalized spacial score (nSPS) is 14.2. The summed E-state index contributed by atoms with van der Waals surface area (Å²) in [6, 6.07) is 7.16. The molecule has 1 aromatic rings. The fourth-order valence-electron chi connectivity index (χ4n) is 2.62. The second-order valence-corrected chi connectivity index (χ2v) is 5.90. The van der Waals surface area contributed by atoms with E-state index in [9.17, 15) is 14.4 Å². The topological polar surface area (TPSA) is 76.2 Å². The SMILES string of the molecule is COc1ccccc1OCC(=O)N1CCN(C(=O)CCC(C)=O)CC1. The highest BCUT2D eigenvalue weighted by Gasteiger charge is 2.24. The largest absolute Gasteiger partial charge is 0.493 e. The van der Waals surface area contributed by atoms with Crippen LogP contribution in [0.2, 0.25) is 0 Å². The molecule has 136 valence electrons. The molecule has 0 spiro atoms. The molecule has 7 heteroatoms. The Bertz CT molecular complexity index is 624. The van der Waals surface area contributed by atoms with Gasteiger partial charge in [-0.05, 0) is 19.1 Å². The number of hydrogen-bond acceptors (Lipinski definition) is 5. The Hall–Kier alpha value is -2.57. The van der Waals surface area contributed by atoms with Crippen LogP contribution in [0, 0.1) is 0 Å². The molecule has 1 aliphatic heterocycles. The fourth-order valence-corrected chi connectivity index (χ4v) is 2.62. The minimum Gasteiger partial charge on any atom is -0.493 e. The molecule has 1 saturated heterocycles. The van der Waals surface area contributed by atoms with Crippen molar-refractivity contribution in [3.8, 4) is 11.5 Å². The predicted molar refractivity (Wildman–Crippen MR) is 91.6 cm³/mol. The molecule has 25 heavy (non-hydrogen) atoms. The Balaban J connectivity index is 1.77. The first kappa shape index (κ1) is 18.8. The molecule has 0 saturated carbocycles. The Morgan fingerprint density at radius 2 is 1.48 bits per heavy atom. The zero-order chi connectivity index (χ0) is 18.2. The molecular weight excluding hydrogens is 324 g/mol. The summed E-state index contributed by atoms with van der Waals surface area (Å²) in [7, 11) is 1.55. The molecule has 2 amide bonds. The van der Waals surface area contributed by atoms with E-state index in [1.807, 2.05) is 12.1 Å². The van der Waals surface area contributed by atoms with Gasteiger partial charge in [0.05, 0.1) is 7.11 Å². The van der Waals surface area contributed by atoms with Crippen molar-refractivity contribution in [3.63, 3.8) is 0 Å². The number of piperazine rings is 1. The van der Waals surface area contributed by atoms with Gasteiger partial charge in [0.2, 0.25) is 5.91 Å². The molecule has 1 fully saturated rings. The predicted octanol–water partition coefficient (Wildman–Crippen LogP) is 1.11. The second kappa shape index (κ2) is 9.05. The number of ether oxygens (including phenoxy) is 2. The maximum Gasteiger partial charge on any atom is 0.260 e. The molecule has 1 aromatic carbocycles. The maximum atomic E-state index is 12.3. The van der Waals surface area contributed by atoms with Crippen LogP contribution in [0.4, 0.5) is 0 Å². The van der Waals surface area contributed by atoms with Gasteiger partial charge in [0.15, 0.2) is 18.1 Å². The summed E-state index contributed by atoms with van der Waals surface area (Å²) in [5, 5.41) is 0. The fraction of sp³-hybridized carbons (Fsp3) is 0.500. The highest BCUT2D eigenvalue weighted by molar-refractivity contribution is 5.84. The van der Waals surface area contributed by atoms with Crippen molar-refractivity contribution >= 4 is 17.6 Å². The quantitative estimate of drug-likeness (QED) is 0.738. The summed E-state index contributed by atoms with van der Waals surface area (Å²) in [5.41, 5.74) is 0. The molecule has 0 radical (unpaired) electrons. The van der Waals surface area contributed by atoms with Gasteiger partial charge in [0.1, 0.15) is 5.78 Å². The molecule has 0 aromatic heterocycles. The lowest BCUT2D eigenvalue weighted by Gasteiger charge is -2.34.